The SMILES string of the molecule is COc1ccc(C2CCCN2CC(=O)Nc2oc(C)c(C)c2C#N)c(OC)c1. The van der Waals surface area contributed by atoms with Gasteiger partial charge in [-0.1, -0.05) is 6.07 Å². The minimum Gasteiger partial charge on any atom is -0.497 e. The molecule has 1 aromatic heterocycles. The molecule has 28 heavy (non-hydrogen) atoms. The van der Waals surface area contributed by atoms with E-state index in [1.165, 1.54) is 0 Å². The second kappa shape index (κ2) is 8.36. The van der Waals surface area contributed by atoms with E-state index in [9.17, 15) is 10.1 Å². The van der Waals surface area contributed by atoms with Crippen LogP contribution in [0.2, 0.25) is 0 Å². The summed E-state index contributed by atoms with van der Waals surface area (Å²) >= 11 is 0. The summed E-state index contributed by atoms with van der Waals surface area (Å²) < 4.78 is 16.3. The fraction of sp³-hybridized carbons (Fsp3) is 0.429. The number of nitriles is 1. The molecule has 2 aromatic rings. The molecule has 0 saturated carbocycles. The topological polar surface area (TPSA) is 87.7 Å². The molecule has 1 aliphatic rings. The summed E-state index contributed by atoms with van der Waals surface area (Å²) in [4.78, 5) is 14.7. The van der Waals surface area contributed by atoms with Crippen molar-refractivity contribution in [3.8, 4) is 17.6 Å². The molecule has 1 aliphatic heterocycles. The lowest BCUT2D eigenvalue weighted by molar-refractivity contribution is -0.117. The van der Waals surface area contributed by atoms with Crippen molar-refractivity contribution < 1.29 is 18.7 Å². The van der Waals surface area contributed by atoms with Gasteiger partial charge in [0.2, 0.25) is 11.8 Å². The first kappa shape index (κ1) is 19.8. The van der Waals surface area contributed by atoms with Crippen LogP contribution in [0.4, 0.5) is 5.88 Å². The normalized spacial score (nSPS) is 16.6. The zero-order valence-electron chi connectivity index (χ0n) is 16.7. The highest BCUT2D eigenvalue weighted by Gasteiger charge is 2.30. The second-order valence-corrected chi connectivity index (χ2v) is 6.88. The Morgan fingerprint density at radius 2 is 2.14 bits per heavy atom. The van der Waals surface area contributed by atoms with Gasteiger partial charge in [-0.15, -0.1) is 0 Å². The van der Waals surface area contributed by atoms with Crippen molar-refractivity contribution in [2.45, 2.75) is 32.7 Å². The predicted octanol–water partition coefficient (Wildman–Crippen LogP) is 3.56. The maximum Gasteiger partial charge on any atom is 0.240 e. The number of aryl methyl sites for hydroxylation is 1. The van der Waals surface area contributed by atoms with Gasteiger partial charge in [0, 0.05) is 23.2 Å². The minimum absolute atomic E-state index is 0.0853. The van der Waals surface area contributed by atoms with Crippen LogP contribution in [0.15, 0.2) is 22.6 Å². The molecule has 1 N–H and O–H groups in total. The summed E-state index contributed by atoms with van der Waals surface area (Å²) in [5, 5.41) is 12.1. The van der Waals surface area contributed by atoms with Gasteiger partial charge < -0.3 is 13.9 Å². The van der Waals surface area contributed by atoms with Crippen molar-refractivity contribution in [2.75, 3.05) is 32.6 Å². The monoisotopic (exact) mass is 383 g/mol. The number of hydrogen-bond donors (Lipinski definition) is 1. The van der Waals surface area contributed by atoms with Crippen LogP contribution in [0.5, 0.6) is 11.5 Å². The van der Waals surface area contributed by atoms with Crippen LogP contribution in [0.1, 0.15) is 41.3 Å². The highest BCUT2D eigenvalue weighted by Crippen LogP contribution is 2.38. The first-order valence-electron chi connectivity index (χ1n) is 9.24. The number of benzene rings is 1. The van der Waals surface area contributed by atoms with Crippen LogP contribution < -0.4 is 14.8 Å². The minimum atomic E-state index is -0.204. The molecule has 1 atom stereocenters. The molecule has 0 aliphatic carbocycles. The fourth-order valence-electron chi connectivity index (χ4n) is 3.66. The molecule has 0 spiro atoms. The van der Waals surface area contributed by atoms with Crippen LogP contribution in [0.3, 0.4) is 0 Å². The average Bonchev–Trinajstić information content (AvgIpc) is 3.25. The van der Waals surface area contributed by atoms with Crippen molar-refractivity contribution in [1.29, 1.82) is 5.26 Å². The first-order valence-corrected chi connectivity index (χ1v) is 9.24. The molecule has 3 rings (SSSR count). The maximum absolute atomic E-state index is 12.6. The number of anilines is 1. The number of nitrogens with one attached hydrogen (secondary N) is 1. The van der Waals surface area contributed by atoms with E-state index >= 15 is 0 Å². The highest BCUT2D eigenvalue weighted by molar-refractivity contribution is 5.92. The number of amides is 1. The van der Waals surface area contributed by atoms with Gasteiger partial charge in [-0.3, -0.25) is 15.0 Å². The van der Waals surface area contributed by atoms with Crippen molar-refractivity contribution in [1.82, 2.24) is 4.90 Å². The number of nitrogens with zero attached hydrogens (tertiary/aromatic N) is 2. The average molecular weight is 383 g/mol. The Labute approximate surface area is 164 Å². The van der Waals surface area contributed by atoms with Crippen molar-refractivity contribution in [3.05, 3.63) is 40.6 Å². The molecular formula is C21H25N3O4. The van der Waals surface area contributed by atoms with E-state index in [4.69, 9.17) is 13.9 Å². The van der Waals surface area contributed by atoms with Gasteiger partial charge in [0.05, 0.1) is 20.8 Å². The van der Waals surface area contributed by atoms with E-state index in [0.29, 0.717) is 11.3 Å². The standard InChI is InChI=1S/C21H25N3O4/c1-13-14(2)28-21(17(13)11-22)23-20(25)12-24-9-5-6-18(24)16-8-7-15(26-3)10-19(16)27-4/h7-8,10,18H,5-6,9,12H2,1-4H3,(H,23,25). The number of rotatable bonds is 6. The van der Waals surface area contributed by atoms with Gasteiger partial charge >= 0.3 is 0 Å². The lowest BCUT2D eigenvalue weighted by atomic mass is 10.0. The van der Waals surface area contributed by atoms with Gasteiger partial charge in [-0.25, -0.2) is 0 Å². The molecule has 1 unspecified atom stereocenters. The number of hydrogen-bond acceptors (Lipinski definition) is 6. The van der Waals surface area contributed by atoms with E-state index in [1.807, 2.05) is 18.2 Å². The van der Waals surface area contributed by atoms with E-state index in [2.05, 4.69) is 16.3 Å². The molecular weight excluding hydrogens is 358 g/mol. The highest BCUT2D eigenvalue weighted by atomic mass is 16.5. The zero-order valence-corrected chi connectivity index (χ0v) is 16.7. The van der Waals surface area contributed by atoms with Gasteiger partial charge in [0.25, 0.3) is 0 Å². The Bertz CT molecular complexity index is 913. The summed E-state index contributed by atoms with van der Waals surface area (Å²) in [5.41, 5.74) is 2.16. The Hall–Kier alpha value is -2.98. The quantitative estimate of drug-likeness (QED) is 0.821. The lowest BCUT2D eigenvalue weighted by Gasteiger charge is -2.25. The summed E-state index contributed by atoms with van der Waals surface area (Å²) in [6.45, 7) is 4.61. The molecule has 2 heterocycles. The molecule has 0 radical (unpaired) electrons. The van der Waals surface area contributed by atoms with Gasteiger partial charge in [0.1, 0.15) is 28.9 Å². The molecule has 7 heteroatoms. The Balaban J connectivity index is 1.75. The first-order chi connectivity index (χ1) is 13.5. The van der Waals surface area contributed by atoms with Crippen molar-refractivity contribution in [3.63, 3.8) is 0 Å². The van der Waals surface area contributed by atoms with Gasteiger partial charge in [-0.2, -0.15) is 5.26 Å². The molecule has 1 fully saturated rings. The van der Waals surface area contributed by atoms with Crippen LogP contribution in [-0.2, 0) is 4.79 Å². The summed E-state index contributed by atoms with van der Waals surface area (Å²) in [5.74, 6) is 2.13. The number of furan rings is 1. The number of carbonyl (C=O) groups is 1. The maximum atomic E-state index is 12.6. The zero-order chi connectivity index (χ0) is 20.3. The Kier molecular flexibility index (Phi) is 5.90. The predicted molar refractivity (Wildman–Crippen MR) is 105 cm³/mol. The van der Waals surface area contributed by atoms with Crippen LogP contribution in [0.25, 0.3) is 0 Å². The van der Waals surface area contributed by atoms with Crippen LogP contribution in [-0.4, -0.2) is 38.1 Å². The van der Waals surface area contributed by atoms with E-state index in [-0.39, 0.29) is 24.4 Å². The number of methoxy groups -OCH3 is 2. The Morgan fingerprint density at radius 3 is 2.82 bits per heavy atom. The van der Waals surface area contributed by atoms with E-state index < -0.39 is 0 Å². The third kappa shape index (κ3) is 3.82. The smallest absolute Gasteiger partial charge is 0.240 e. The fourth-order valence-corrected chi connectivity index (χ4v) is 3.66. The largest absolute Gasteiger partial charge is 0.497 e. The summed E-state index contributed by atoms with van der Waals surface area (Å²) in [7, 11) is 3.25. The molecule has 1 amide bonds. The van der Waals surface area contributed by atoms with E-state index in [1.54, 1.807) is 28.1 Å². The van der Waals surface area contributed by atoms with Crippen LogP contribution in [0, 0.1) is 25.2 Å². The number of ether oxygens (including phenoxy) is 2. The molecule has 148 valence electrons. The second-order valence-electron chi connectivity index (χ2n) is 6.88. The van der Waals surface area contributed by atoms with Crippen LogP contribution >= 0.6 is 0 Å². The lowest BCUT2D eigenvalue weighted by Crippen LogP contribution is -2.33. The molecule has 1 aromatic carbocycles. The molecule has 0 bridgehead atoms. The Morgan fingerprint density at radius 1 is 1.36 bits per heavy atom. The third-order valence-corrected chi connectivity index (χ3v) is 5.26. The third-order valence-electron chi connectivity index (χ3n) is 5.26. The van der Waals surface area contributed by atoms with Gasteiger partial charge in [-0.05, 0) is 39.3 Å². The number of likely N-dealkylation sites (tertiary alicyclic amines) is 1. The molecule has 1 saturated heterocycles. The van der Waals surface area contributed by atoms with Crippen molar-refractivity contribution >= 4 is 11.8 Å². The summed E-state index contributed by atoms with van der Waals surface area (Å²) in [6.07, 6.45) is 1.94. The van der Waals surface area contributed by atoms with Gasteiger partial charge in [0.15, 0.2) is 0 Å². The van der Waals surface area contributed by atoms with E-state index in [0.717, 1.165) is 42.0 Å². The van der Waals surface area contributed by atoms with Crippen molar-refractivity contribution in [2.24, 2.45) is 0 Å². The summed E-state index contributed by atoms with van der Waals surface area (Å²) in [6, 6.07) is 7.94. The molecule has 7 nitrogen and oxygen atoms in total. The number of carbonyl (C=O) groups excluding carboxylic acids is 1.